The molecule has 43 heavy (non-hydrogen) atoms. The number of anilines is 2. The lowest BCUT2D eigenvalue weighted by atomic mass is 9.91. The van der Waals surface area contributed by atoms with Gasteiger partial charge in [0.15, 0.2) is 29.3 Å². The summed E-state index contributed by atoms with van der Waals surface area (Å²) in [4.78, 5) is 15.6. The topological polar surface area (TPSA) is 173 Å². The van der Waals surface area contributed by atoms with Gasteiger partial charge in [0, 0.05) is 25.0 Å². The zero-order chi connectivity index (χ0) is 29.3. The van der Waals surface area contributed by atoms with Crippen LogP contribution in [0.5, 0.6) is 0 Å². The zero-order valence-corrected chi connectivity index (χ0v) is 23.5. The summed E-state index contributed by atoms with van der Waals surface area (Å²) in [5, 5.41) is 44.2. The van der Waals surface area contributed by atoms with Crippen LogP contribution >= 0.6 is 0 Å². The van der Waals surface area contributed by atoms with Crippen LogP contribution in [0.4, 0.5) is 11.8 Å². The maximum atomic E-state index is 11.0. The highest BCUT2D eigenvalue weighted by atomic mass is 16.6. The number of aliphatic hydroxyl groups excluding tert-OH is 2. The van der Waals surface area contributed by atoms with E-state index < -0.39 is 24.5 Å². The van der Waals surface area contributed by atoms with Crippen molar-refractivity contribution in [2.24, 2.45) is 7.05 Å². The first kappa shape index (κ1) is 27.3. The Labute approximate surface area is 247 Å². The van der Waals surface area contributed by atoms with E-state index in [9.17, 15) is 10.2 Å². The fourth-order valence-electron chi connectivity index (χ4n) is 5.76. The van der Waals surface area contributed by atoms with Gasteiger partial charge in [-0.15, -0.1) is 10.2 Å². The first-order valence-corrected chi connectivity index (χ1v) is 14.4. The molecule has 0 aliphatic carbocycles. The lowest BCUT2D eigenvalue weighted by Crippen LogP contribution is -2.29. The van der Waals surface area contributed by atoms with Crippen LogP contribution in [0, 0.1) is 0 Å². The van der Waals surface area contributed by atoms with Gasteiger partial charge in [0.2, 0.25) is 11.8 Å². The van der Waals surface area contributed by atoms with E-state index in [2.05, 4.69) is 60.6 Å². The highest BCUT2D eigenvalue weighted by Gasteiger charge is 2.47. The van der Waals surface area contributed by atoms with Gasteiger partial charge >= 0.3 is 0 Å². The first-order chi connectivity index (χ1) is 21.0. The van der Waals surface area contributed by atoms with Gasteiger partial charge in [0.05, 0.1) is 13.4 Å². The quantitative estimate of drug-likeness (QED) is 0.169. The summed E-state index contributed by atoms with van der Waals surface area (Å²) in [7, 11) is 1.62. The molecule has 2 aromatic carbocycles. The van der Waals surface area contributed by atoms with Crippen molar-refractivity contribution in [3.05, 3.63) is 83.9 Å². The average Bonchev–Trinajstić information content (AvgIpc) is 3.84. The maximum Gasteiger partial charge on any atom is 0.227 e. The molecule has 3 aromatic heterocycles. The molecule has 2 aliphatic rings. The number of aryl methyl sites for hydroxylation is 1. The Morgan fingerprint density at radius 3 is 2.42 bits per heavy atom. The Morgan fingerprint density at radius 2 is 1.77 bits per heavy atom. The molecule has 0 amide bonds. The van der Waals surface area contributed by atoms with Crippen LogP contribution in [-0.2, 0) is 11.8 Å². The van der Waals surface area contributed by atoms with Gasteiger partial charge in [-0.2, -0.15) is 14.8 Å². The summed E-state index contributed by atoms with van der Waals surface area (Å²) in [6.45, 7) is 2.27. The van der Waals surface area contributed by atoms with Crippen LogP contribution < -0.4 is 16.0 Å². The number of aliphatic hydroxyl groups is 2. The first-order valence-electron chi connectivity index (χ1n) is 14.4. The number of rotatable bonds is 9. The number of ether oxygens (including phenoxy) is 1. The smallest absolute Gasteiger partial charge is 0.227 e. The molecule has 5 N–H and O–H groups in total. The Morgan fingerprint density at radius 1 is 1.02 bits per heavy atom. The Hall–Kier alpha value is -4.50. The molecule has 2 saturated heterocycles. The molecule has 0 bridgehead atoms. The van der Waals surface area contributed by atoms with Gasteiger partial charge in [-0.05, 0) is 29.3 Å². The standard InChI is InChI=1S/C29H33N11O3/c1-39-37-26(36-38-39)24-22(41)23(42)28(43-24)40-16-32-21-25(34-29(35-27(21)40)33-19-12-13-30-14-19)31-15-20(17-8-4-2-5-9-17)18-10-6-3-7-11-18/h2-11,16,19-20,22-24,28,30,41-42H,12-15H2,1H3,(H2,31,33,34,35)/t19-,22+,23-,24+,28-/m1/s1. The number of hydrogen-bond donors (Lipinski definition) is 5. The third-order valence-electron chi connectivity index (χ3n) is 7.98. The highest BCUT2D eigenvalue weighted by molar-refractivity contribution is 5.84. The molecule has 5 heterocycles. The fraction of sp³-hybridized carbons (Fsp3) is 0.379. The largest absolute Gasteiger partial charge is 0.387 e. The molecular weight excluding hydrogens is 550 g/mol. The molecule has 2 aliphatic heterocycles. The molecule has 5 atom stereocenters. The molecule has 0 radical (unpaired) electrons. The highest BCUT2D eigenvalue weighted by Crippen LogP contribution is 2.39. The fourth-order valence-corrected chi connectivity index (χ4v) is 5.76. The lowest BCUT2D eigenvalue weighted by molar-refractivity contribution is -0.0384. The lowest BCUT2D eigenvalue weighted by Gasteiger charge is -2.20. The van der Waals surface area contributed by atoms with Crippen molar-refractivity contribution in [2.75, 3.05) is 30.3 Å². The van der Waals surface area contributed by atoms with E-state index in [1.165, 1.54) is 15.9 Å². The molecule has 0 unspecified atom stereocenters. The van der Waals surface area contributed by atoms with Crippen molar-refractivity contribution in [1.29, 1.82) is 0 Å². The van der Waals surface area contributed by atoms with E-state index in [1.807, 2.05) is 36.4 Å². The number of benzene rings is 2. The van der Waals surface area contributed by atoms with Crippen molar-refractivity contribution < 1.29 is 14.9 Å². The van der Waals surface area contributed by atoms with E-state index >= 15 is 0 Å². The van der Waals surface area contributed by atoms with Gasteiger partial charge in [-0.3, -0.25) is 4.57 Å². The van der Waals surface area contributed by atoms with Crippen molar-refractivity contribution in [3.8, 4) is 0 Å². The molecular formula is C29H33N11O3. The molecule has 14 nitrogen and oxygen atoms in total. The van der Waals surface area contributed by atoms with Crippen LogP contribution in [0.1, 0.15) is 41.6 Å². The third kappa shape index (κ3) is 5.41. The normalized spacial score (nSPS) is 23.8. The molecule has 2 fully saturated rings. The van der Waals surface area contributed by atoms with Crippen LogP contribution in [0.15, 0.2) is 67.0 Å². The second-order valence-corrected chi connectivity index (χ2v) is 10.9. The minimum atomic E-state index is -1.28. The molecule has 222 valence electrons. The van der Waals surface area contributed by atoms with E-state index in [4.69, 9.17) is 14.7 Å². The number of hydrogen-bond acceptors (Lipinski definition) is 12. The van der Waals surface area contributed by atoms with Gasteiger partial charge < -0.3 is 30.9 Å². The zero-order valence-electron chi connectivity index (χ0n) is 23.5. The van der Waals surface area contributed by atoms with E-state index in [1.54, 1.807) is 17.9 Å². The average molecular weight is 584 g/mol. The van der Waals surface area contributed by atoms with Crippen LogP contribution in [0.25, 0.3) is 11.2 Å². The Balaban J connectivity index is 1.24. The van der Waals surface area contributed by atoms with Gasteiger partial charge in [0.1, 0.15) is 12.2 Å². The summed E-state index contributed by atoms with van der Waals surface area (Å²) in [5.74, 6) is 1.22. The maximum absolute atomic E-state index is 11.0. The summed E-state index contributed by atoms with van der Waals surface area (Å²) < 4.78 is 7.72. The van der Waals surface area contributed by atoms with Crippen LogP contribution in [0.2, 0.25) is 0 Å². The van der Waals surface area contributed by atoms with Crippen molar-refractivity contribution in [2.45, 2.75) is 42.9 Å². The van der Waals surface area contributed by atoms with E-state index in [0.29, 0.717) is 29.5 Å². The predicted molar refractivity (Wildman–Crippen MR) is 157 cm³/mol. The second kappa shape index (κ2) is 11.6. The Bertz CT molecular complexity index is 1630. The molecule has 0 saturated carbocycles. The monoisotopic (exact) mass is 583 g/mol. The number of imidazole rings is 1. The van der Waals surface area contributed by atoms with Gasteiger partial charge in [-0.1, -0.05) is 60.7 Å². The number of aromatic nitrogens is 8. The predicted octanol–water partition coefficient (Wildman–Crippen LogP) is 1.36. The SMILES string of the molecule is Cn1nnc([C@H]2O[C@@H](n3cnc4c(NCC(c5ccccc5)c5ccccc5)nc(N[C@@H]5CCNC5)nc43)[C@H](O)[C@@H]2O)n1. The number of nitrogens with one attached hydrogen (secondary N) is 3. The summed E-state index contributed by atoms with van der Waals surface area (Å²) in [5.41, 5.74) is 3.31. The minimum Gasteiger partial charge on any atom is -0.387 e. The molecule has 14 heteroatoms. The minimum absolute atomic E-state index is 0.0558. The van der Waals surface area contributed by atoms with Crippen LogP contribution in [0.3, 0.4) is 0 Å². The third-order valence-corrected chi connectivity index (χ3v) is 7.98. The number of fused-ring (bicyclic) bond motifs is 1. The second-order valence-electron chi connectivity index (χ2n) is 10.9. The van der Waals surface area contributed by atoms with Crippen molar-refractivity contribution in [1.82, 2.24) is 45.0 Å². The number of nitrogens with zero attached hydrogens (tertiary/aromatic N) is 8. The van der Waals surface area contributed by atoms with E-state index in [0.717, 1.165) is 19.5 Å². The van der Waals surface area contributed by atoms with Crippen molar-refractivity contribution in [3.63, 3.8) is 0 Å². The van der Waals surface area contributed by atoms with E-state index in [-0.39, 0.29) is 17.8 Å². The number of tetrazole rings is 1. The van der Waals surface area contributed by atoms with Gasteiger partial charge in [0.25, 0.3) is 0 Å². The van der Waals surface area contributed by atoms with Crippen LogP contribution in [-0.4, -0.2) is 87.8 Å². The Kier molecular flexibility index (Phi) is 7.40. The molecule has 7 rings (SSSR count). The summed E-state index contributed by atoms with van der Waals surface area (Å²) in [6.07, 6.45) is -2.02. The van der Waals surface area contributed by atoms with Crippen molar-refractivity contribution >= 4 is 22.9 Å². The molecule has 0 spiro atoms. The van der Waals surface area contributed by atoms with Gasteiger partial charge in [-0.25, -0.2) is 4.98 Å². The summed E-state index contributed by atoms with van der Waals surface area (Å²) in [6, 6.07) is 20.8. The summed E-state index contributed by atoms with van der Waals surface area (Å²) >= 11 is 0. The molecule has 5 aromatic rings.